The van der Waals surface area contributed by atoms with Crippen LogP contribution >= 0.6 is 0 Å². The molecule has 32 heavy (non-hydrogen) atoms. The van der Waals surface area contributed by atoms with Crippen LogP contribution in [-0.4, -0.2) is 11.1 Å². The highest BCUT2D eigenvalue weighted by Gasteiger charge is 2.13. The molecular weight excluding hydrogens is 396 g/mol. The Morgan fingerprint density at radius 2 is 1.25 bits per heavy atom. The van der Waals surface area contributed by atoms with Crippen LogP contribution in [0.2, 0.25) is 0 Å². The molecule has 4 aromatic rings. The number of amides is 1. The molecule has 4 aromatic carbocycles. The number of benzene rings is 4. The molecule has 1 amide bonds. The maximum Gasteiger partial charge on any atom is 0.275 e. The summed E-state index contributed by atoms with van der Waals surface area (Å²) in [6, 6.07) is 32.3. The summed E-state index contributed by atoms with van der Waals surface area (Å²) in [5.41, 5.74) is 9.90. The smallest absolute Gasteiger partial charge is 0.275 e. The first-order chi connectivity index (χ1) is 15.7. The van der Waals surface area contributed by atoms with Gasteiger partial charge in [0.2, 0.25) is 0 Å². The lowest BCUT2D eigenvalue weighted by molar-refractivity contribution is 0.0707. The van der Waals surface area contributed by atoms with Crippen molar-refractivity contribution in [3.05, 3.63) is 119 Å². The fraction of sp³-hybridized carbons (Fsp3) is 0.107. The highest BCUT2D eigenvalue weighted by molar-refractivity contribution is 6.00. The number of aryl methyl sites for hydroxylation is 1. The standard InChI is InChI=1S/C28H26N2O2/c1-20-12-13-21(16-26(20)23-8-4-2-5-9-23)18-29-19-22-14-15-25(28(31)30-32)27(17-22)24-10-6-3-7-11-24/h2-17,29,32H,18-19H2,1H3,(H,30,31). The predicted octanol–water partition coefficient (Wildman–Crippen LogP) is 5.74. The van der Waals surface area contributed by atoms with Crippen LogP contribution in [0, 0.1) is 6.92 Å². The molecule has 0 unspecified atom stereocenters. The first kappa shape index (κ1) is 21.5. The van der Waals surface area contributed by atoms with Gasteiger partial charge in [-0.25, -0.2) is 5.48 Å². The lowest BCUT2D eigenvalue weighted by Crippen LogP contribution is -2.20. The minimum absolute atomic E-state index is 0.438. The van der Waals surface area contributed by atoms with E-state index in [1.165, 1.54) is 22.3 Å². The molecule has 4 rings (SSSR count). The van der Waals surface area contributed by atoms with Gasteiger partial charge in [-0.1, -0.05) is 78.9 Å². The van der Waals surface area contributed by atoms with E-state index in [4.69, 9.17) is 5.21 Å². The quantitative estimate of drug-likeness (QED) is 0.263. The Balaban J connectivity index is 1.51. The van der Waals surface area contributed by atoms with E-state index in [-0.39, 0.29) is 0 Å². The van der Waals surface area contributed by atoms with Crippen LogP contribution < -0.4 is 10.8 Å². The Morgan fingerprint density at radius 3 is 1.84 bits per heavy atom. The highest BCUT2D eigenvalue weighted by atomic mass is 16.5. The Morgan fingerprint density at radius 1 is 0.719 bits per heavy atom. The van der Waals surface area contributed by atoms with Gasteiger partial charge in [-0.3, -0.25) is 10.0 Å². The molecule has 0 bridgehead atoms. The van der Waals surface area contributed by atoms with Crippen molar-refractivity contribution in [2.45, 2.75) is 20.0 Å². The maximum absolute atomic E-state index is 12.1. The van der Waals surface area contributed by atoms with Crippen LogP contribution in [0.3, 0.4) is 0 Å². The zero-order valence-corrected chi connectivity index (χ0v) is 18.0. The molecule has 0 aromatic heterocycles. The minimum atomic E-state index is -0.517. The fourth-order valence-electron chi connectivity index (χ4n) is 3.88. The molecule has 0 saturated carbocycles. The molecule has 4 nitrogen and oxygen atoms in total. The summed E-state index contributed by atoms with van der Waals surface area (Å²) in [5, 5.41) is 12.6. The van der Waals surface area contributed by atoms with Crippen molar-refractivity contribution < 1.29 is 10.0 Å². The third-order valence-electron chi connectivity index (χ3n) is 5.56. The third kappa shape index (κ3) is 4.94. The SMILES string of the molecule is Cc1ccc(CNCc2ccc(C(=O)NO)c(-c3ccccc3)c2)cc1-c1ccccc1. The molecule has 0 atom stereocenters. The number of hydrogen-bond donors (Lipinski definition) is 3. The monoisotopic (exact) mass is 422 g/mol. The Kier molecular flexibility index (Phi) is 6.75. The molecule has 3 N–H and O–H groups in total. The van der Waals surface area contributed by atoms with E-state index in [0.717, 1.165) is 23.2 Å². The van der Waals surface area contributed by atoms with Crippen molar-refractivity contribution in [1.29, 1.82) is 0 Å². The van der Waals surface area contributed by atoms with Crippen molar-refractivity contribution in [3.63, 3.8) is 0 Å². The molecule has 4 heteroatoms. The normalized spacial score (nSPS) is 10.7. The van der Waals surface area contributed by atoms with E-state index < -0.39 is 5.91 Å². The molecule has 0 aliphatic heterocycles. The second kappa shape index (κ2) is 10.1. The van der Waals surface area contributed by atoms with E-state index >= 15 is 0 Å². The van der Waals surface area contributed by atoms with Crippen LogP contribution in [0.5, 0.6) is 0 Å². The maximum atomic E-state index is 12.1. The van der Waals surface area contributed by atoms with Crippen molar-refractivity contribution in [2.75, 3.05) is 0 Å². The van der Waals surface area contributed by atoms with E-state index in [2.05, 4.69) is 54.7 Å². The second-order valence-corrected chi connectivity index (χ2v) is 7.81. The molecule has 160 valence electrons. The average molecular weight is 423 g/mol. The van der Waals surface area contributed by atoms with Gasteiger partial charge in [-0.2, -0.15) is 0 Å². The molecular formula is C28H26N2O2. The molecule has 0 radical (unpaired) electrons. The molecule has 0 aliphatic rings. The predicted molar refractivity (Wildman–Crippen MR) is 128 cm³/mol. The van der Waals surface area contributed by atoms with Gasteiger partial charge in [0.1, 0.15) is 0 Å². The van der Waals surface area contributed by atoms with Gasteiger partial charge in [-0.05, 0) is 64.1 Å². The van der Waals surface area contributed by atoms with Crippen LogP contribution in [0.1, 0.15) is 27.0 Å². The van der Waals surface area contributed by atoms with E-state index in [1.807, 2.05) is 48.5 Å². The summed E-state index contributed by atoms with van der Waals surface area (Å²) in [6.07, 6.45) is 0. The van der Waals surface area contributed by atoms with Crippen molar-refractivity contribution in [2.24, 2.45) is 0 Å². The summed E-state index contributed by atoms with van der Waals surface area (Å²) in [6.45, 7) is 3.53. The van der Waals surface area contributed by atoms with Crippen LogP contribution in [-0.2, 0) is 13.1 Å². The van der Waals surface area contributed by atoms with E-state index in [1.54, 1.807) is 11.5 Å². The molecule has 0 aliphatic carbocycles. The summed E-state index contributed by atoms with van der Waals surface area (Å²) in [5.74, 6) is -0.517. The number of hydroxylamine groups is 1. The second-order valence-electron chi connectivity index (χ2n) is 7.81. The molecule has 0 spiro atoms. The first-order valence-electron chi connectivity index (χ1n) is 10.6. The molecule has 0 saturated heterocycles. The number of carbonyl (C=O) groups excluding carboxylic acids is 1. The fourth-order valence-corrected chi connectivity index (χ4v) is 3.88. The molecule has 0 heterocycles. The van der Waals surface area contributed by atoms with Gasteiger partial charge in [0.15, 0.2) is 0 Å². The van der Waals surface area contributed by atoms with Gasteiger partial charge in [0.05, 0.1) is 0 Å². The summed E-state index contributed by atoms with van der Waals surface area (Å²) in [7, 11) is 0. The summed E-state index contributed by atoms with van der Waals surface area (Å²) >= 11 is 0. The van der Waals surface area contributed by atoms with Crippen LogP contribution in [0.25, 0.3) is 22.3 Å². The lowest BCUT2D eigenvalue weighted by atomic mass is 9.96. The Hall–Kier alpha value is -3.73. The van der Waals surface area contributed by atoms with Gasteiger partial charge in [0.25, 0.3) is 5.91 Å². The minimum Gasteiger partial charge on any atom is -0.309 e. The Bertz CT molecular complexity index is 1200. The van der Waals surface area contributed by atoms with E-state index in [0.29, 0.717) is 12.1 Å². The van der Waals surface area contributed by atoms with Crippen molar-refractivity contribution in [3.8, 4) is 22.3 Å². The van der Waals surface area contributed by atoms with Gasteiger partial charge < -0.3 is 5.32 Å². The van der Waals surface area contributed by atoms with Crippen LogP contribution in [0.4, 0.5) is 0 Å². The number of carbonyl (C=O) groups is 1. The highest BCUT2D eigenvalue weighted by Crippen LogP contribution is 2.26. The van der Waals surface area contributed by atoms with Gasteiger partial charge >= 0.3 is 0 Å². The third-order valence-corrected chi connectivity index (χ3v) is 5.56. The van der Waals surface area contributed by atoms with Gasteiger partial charge in [-0.15, -0.1) is 0 Å². The number of nitrogens with one attached hydrogen (secondary N) is 2. The van der Waals surface area contributed by atoms with Crippen LogP contribution in [0.15, 0.2) is 97.1 Å². The molecule has 0 fully saturated rings. The lowest BCUT2D eigenvalue weighted by Gasteiger charge is -2.13. The first-order valence-corrected chi connectivity index (χ1v) is 10.6. The number of hydrogen-bond acceptors (Lipinski definition) is 3. The largest absolute Gasteiger partial charge is 0.309 e. The average Bonchev–Trinajstić information content (AvgIpc) is 2.85. The topological polar surface area (TPSA) is 61.4 Å². The zero-order valence-electron chi connectivity index (χ0n) is 18.0. The summed E-state index contributed by atoms with van der Waals surface area (Å²) in [4.78, 5) is 12.1. The number of rotatable bonds is 7. The Labute approximate surface area is 188 Å². The van der Waals surface area contributed by atoms with Crippen molar-refractivity contribution >= 4 is 5.91 Å². The zero-order chi connectivity index (χ0) is 22.3. The van der Waals surface area contributed by atoms with E-state index in [9.17, 15) is 4.79 Å². The van der Waals surface area contributed by atoms with Gasteiger partial charge in [0, 0.05) is 18.7 Å². The summed E-state index contributed by atoms with van der Waals surface area (Å²) < 4.78 is 0. The van der Waals surface area contributed by atoms with Crippen molar-refractivity contribution in [1.82, 2.24) is 10.8 Å².